The Kier molecular flexibility index (Phi) is 38.3. The molecule has 56 heavy (non-hydrogen) atoms. The molecule has 8 nitrogen and oxygen atoms in total. The summed E-state index contributed by atoms with van der Waals surface area (Å²) in [7, 11) is 1.55. The van der Waals surface area contributed by atoms with Crippen molar-refractivity contribution in [2.45, 2.75) is 219 Å². The predicted octanol–water partition coefficient (Wildman–Crippen LogP) is 13.1. The lowest BCUT2D eigenvalue weighted by molar-refractivity contribution is -0.870. The number of allylic oxidation sites excluding steroid dienone is 5. The minimum absolute atomic E-state index is 0.0547. The maximum atomic E-state index is 12.9. The number of quaternary nitrogens is 1. The van der Waals surface area contributed by atoms with Gasteiger partial charge in [0.25, 0.3) is 0 Å². The van der Waals surface area contributed by atoms with E-state index in [0.717, 1.165) is 51.4 Å². The molecule has 1 amide bonds. The van der Waals surface area contributed by atoms with Crippen molar-refractivity contribution in [3.8, 4) is 0 Å². The summed E-state index contributed by atoms with van der Waals surface area (Å²) in [4.78, 5) is 23.1. The molecule has 0 radical (unpaired) electrons. The highest BCUT2D eigenvalue weighted by atomic mass is 31.2. The number of phosphoric acid groups is 1. The minimum atomic E-state index is -4.35. The smallest absolute Gasteiger partial charge is 0.387 e. The number of carbonyl (C=O) groups is 1. The van der Waals surface area contributed by atoms with E-state index < -0.39 is 20.0 Å². The fourth-order valence-corrected chi connectivity index (χ4v) is 7.32. The molecule has 0 saturated heterocycles. The summed E-state index contributed by atoms with van der Waals surface area (Å²) in [6.45, 7) is 4.79. The van der Waals surface area contributed by atoms with E-state index in [2.05, 4.69) is 43.5 Å². The van der Waals surface area contributed by atoms with Gasteiger partial charge in [-0.15, -0.1) is 0 Å². The zero-order valence-corrected chi connectivity index (χ0v) is 38.3. The van der Waals surface area contributed by atoms with Gasteiger partial charge in [-0.25, -0.2) is 4.57 Å². The van der Waals surface area contributed by atoms with Crippen LogP contribution in [-0.4, -0.2) is 73.4 Å². The van der Waals surface area contributed by atoms with Gasteiger partial charge in [0.1, 0.15) is 13.2 Å². The molecule has 0 heterocycles. The number of aliphatic hydroxyl groups is 1. The summed E-state index contributed by atoms with van der Waals surface area (Å²) in [6, 6.07) is -0.865. The third-order valence-corrected chi connectivity index (χ3v) is 11.3. The van der Waals surface area contributed by atoms with Gasteiger partial charge in [0.2, 0.25) is 5.91 Å². The predicted molar refractivity (Wildman–Crippen MR) is 240 cm³/mol. The van der Waals surface area contributed by atoms with Crippen molar-refractivity contribution in [2.75, 3.05) is 40.9 Å². The zero-order chi connectivity index (χ0) is 41.4. The number of rotatable bonds is 42. The van der Waals surface area contributed by atoms with Crippen LogP contribution in [-0.2, 0) is 18.4 Å². The lowest BCUT2D eigenvalue weighted by atomic mass is 10.0. The highest BCUT2D eigenvalue weighted by Gasteiger charge is 2.27. The fraction of sp³-hybridized carbons (Fsp3) is 0.851. The first-order valence-electron chi connectivity index (χ1n) is 23.4. The van der Waals surface area contributed by atoms with Gasteiger partial charge >= 0.3 is 7.82 Å². The first-order chi connectivity index (χ1) is 27.0. The van der Waals surface area contributed by atoms with Crippen LogP contribution in [0, 0.1) is 0 Å². The molecule has 0 fully saturated rings. The summed E-state index contributed by atoms with van der Waals surface area (Å²) in [5.74, 6) is -0.196. The fourth-order valence-electron chi connectivity index (χ4n) is 6.58. The van der Waals surface area contributed by atoms with Crippen molar-refractivity contribution in [3.05, 3.63) is 36.5 Å². The summed E-state index contributed by atoms with van der Waals surface area (Å²) >= 11 is 0. The van der Waals surface area contributed by atoms with Gasteiger partial charge in [-0.2, -0.15) is 0 Å². The van der Waals surface area contributed by atoms with E-state index in [-0.39, 0.29) is 19.1 Å². The molecule has 3 unspecified atom stereocenters. The number of aliphatic hydroxyl groups excluding tert-OH is 1. The van der Waals surface area contributed by atoms with Crippen LogP contribution in [0.25, 0.3) is 0 Å². The molecular formula is C47H92N2O6P+. The molecule has 0 spiro atoms. The number of unbranched alkanes of at least 4 members (excludes halogenated alkanes) is 25. The van der Waals surface area contributed by atoms with Gasteiger partial charge < -0.3 is 19.8 Å². The largest absolute Gasteiger partial charge is 0.472 e. The quantitative estimate of drug-likeness (QED) is 0.0245. The van der Waals surface area contributed by atoms with Crippen LogP contribution in [0.2, 0.25) is 0 Å². The van der Waals surface area contributed by atoms with Crippen molar-refractivity contribution in [3.63, 3.8) is 0 Å². The van der Waals surface area contributed by atoms with Crippen molar-refractivity contribution >= 4 is 13.7 Å². The number of nitrogens with one attached hydrogen (secondary N) is 1. The number of phosphoric ester groups is 1. The Hall–Kier alpha value is -1.28. The summed E-state index contributed by atoms with van der Waals surface area (Å²) in [6.07, 6.45) is 47.9. The van der Waals surface area contributed by atoms with E-state index in [0.29, 0.717) is 17.4 Å². The zero-order valence-electron chi connectivity index (χ0n) is 37.4. The van der Waals surface area contributed by atoms with Crippen LogP contribution in [0.15, 0.2) is 36.5 Å². The average molecular weight is 812 g/mol. The molecule has 0 aliphatic rings. The molecule has 0 aliphatic carbocycles. The van der Waals surface area contributed by atoms with Crippen molar-refractivity contribution < 1.29 is 32.9 Å². The topological polar surface area (TPSA) is 105 Å². The second-order valence-corrected chi connectivity index (χ2v) is 18.6. The van der Waals surface area contributed by atoms with Crippen molar-refractivity contribution in [1.82, 2.24) is 5.32 Å². The first kappa shape index (κ1) is 54.7. The Balaban J connectivity index is 4.46. The van der Waals surface area contributed by atoms with E-state index in [4.69, 9.17) is 9.05 Å². The molecule has 3 N–H and O–H groups in total. The second kappa shape index (κ2) is 39.2. The number of hydrogen-bond acceptors (Lipinski definition) is 5. The third-order valence-electron chi connectivity index (χ3n) is 10.3. The number of likely N-dealkylation sites (N-methyl/N-ethyl adjacent to an activating group) is 1. The van der Waals surface area contributed by atoms with Gasteiger partial charge in [0.05, 0.1) is 39.9 Å². The average Bonchev–Trinajstić information content (AvgIpc) is 3.15. The van der Waals surface area contributed by atoms with Crippen molar-refractivity contribution in [2.24, 2.45) is 0 Å². The van der Waals surface area contributed by atoms with E-state index in [1.807, 2.05) is 27.2 Å². The van der Waals surface area contributed by atoms with E-state index in [1.165, 1.54) is 135 Å². The van der Waals surface area contributed by atoms with Crippen LogP contribution in [0.5, 0.6) is 0 Å². The van der Waals surface area contributed by atoms with Crippen molar-refractivity contribution in [1.29, 1.82) is 0 Å². The molecule has 330 valence electrons. The molecule has 0 aromatic carbocycles. The standard InChI is InChI=1S/C47H91N2O6P/c1-6-8-10-12-14-16-18-20-22-24-25-26-28-30-32-34-36-38-40-46(50)45(44-55-56(52,53)54-43-42-49(3,4)5)48-47(51)41-39-37-35-33-31-29-27-23-21-19-17-15-13-11-9-7-2/h23,27,30,32,38,40,45-46,50H,6-22,24-26,28-29,31,33-37,39,41-44H2,1-5H3,(H-,48,51,52,53)/p+1/b27-23-,32-30+,40-38+. The number of nitrogens with zero attached hydrogens (tertiary/aromatic N) is 1. The van der Waals surface area contributed by atoms with E-state index >= 15 is 0 Å². The van der Waals surface area contributed by atoms with Gasteiger partial charge in [0.15, 0.2) is 0 Å². The van der Waals surface area contributed by atoms with E-state index in [9.17, 15) is 19.4 Å². The third kappa shape index (κ3) is 40.9. The Morgan fingerprint density at radius 3 is 1.43 bits per heavy atom. The Labute approximate surface area is 347 Å². The van der Waals surface area contributed by atoms with Gasteiger partial charge in [-0.3, -0.25) is 13.8 Å². The molecule has 0 bridgehead atoms. The van der Waals surface area contributed by atoms with Crippen LogP contribution in [0.3, 0.4) is 0 Å². The van der Waals surface area contributed by atoms with Crippen LogP contribution in [0.1, 0.15) is 206 Å². The number of hydrogen-bond donors (Lipinski definition) is 3. The second-order valence-electron chi connectivity index (χ2n) is 17.1. The summed E-state index contributed by atoms with van der Waals surface area (Å²) in [5, 5.41) is 13.8. The summed E-state index contributed by atoms with van der Waals surface area (Å²) < 4.78 is 23.6. The molecule has 0 aromatic rings. The summed E-state index contributed by atoms with van der Waals surface area (Å²) in [5.41, 5.74) is 0. The van der Waals surface area contributed by atoms with Crippen LogP contribution in [0.4, 0.5) is 0 Å². The lowest BCUT2D eigenvalue weighted by Gasteiger charge is -2.25. The first-order valence-corrected chi connectivity index (χ1v) is 24.9. The van der Waals surface area contributed by atoms with Gasteiger partial charge in [-0.05, 0) is 57.8 Å². The molecule has 0 aliphatic heterocycles. The minimum Gasteiger partial charge on any atom is -0.387 e. The number of amides is 1. The highest BCUT2D eigenvalue weighted by molar-refractivity contribution is 7.47. The maximum Gasteiger partial charge on any atom is 0.472 e. The molecular weight excluding hydrogens is 719 g/mol. The molecule has 0 rings (SSSR count). The monoisotopic (exact) mass is 812 g/mol. The lowest BCUT2D eigenvalue weighted by Crippen LogP contribution is -2.45. The van der Waals surface area contributed by atoms with Crippen LogP contribution < -0.4 is 5.32 Å². The van der Waals surface area contributed by atoms with Gasteiger partial charge in [0, 0.05) is 6.42 Å². The highest BCUT2D eigenvalue weighted by Crippen LogP contribution is 2.43. The Morgan fingerprint density at radius 2 is 0.982 bits per heavy atom. The SMILES string of the molecule is CCCCCCCCC/C=C\CCCCCCCC(=O)NC(COP(=O)(O)OCC[N+](C)(C)C)C(O)/C=C/CC/C=C/CCCCCCCCCCCCCC. The Morgan fingerprint density at radius 1 is 0.589 bits per heavy atom. The van der Waals surface area contributed by atoms with Gasteiger partial charge in [-0.1, -0.05) is 179 Å². The Bertz CT molecular complexity index is 1010. The van der Waals surface area contributed by atoms with E-state index in [1.54, 1.807) is 6.08 Å². The normalized spacial score (nSPS) is 14.6. The molecule has 0 saturated carbocycles. The number of carbonyl (C=O) groups excluding carboxylic acids is 1. The molecule has 9 heteroatoms. The maximum absolute atomic E-state index is 12.9. The van der Waals surface area contributed by atoms with Crippen LogP contribution >= 0.6 is 7.82 Å². The molecule has 3 atom stereocenters. The molecule has 0 aromatic heterocycles.